The molecule has 2 rings (SSSR count). The normalized spacial score (nSPS) is 10.7. The summed E-state index contributed by atoms with van der Waals surface area (Å²) in [5, 5.41) is 3.51. The summed E-state index contributed by atoms with van der Waals surface area (Å²) in [7, 11) is 1.68. The fourth-order valence-electron chi connectivity index (χ4n) is 2.40. The summed E-state index contributed by atoms with van der Waals surface area (Å²) < 4.78 is 13.9. The maximum absolute atomic E-state index is 13.9. The summed E-state index contributed by atoms with van der Waals surface area (Å²) >= 11 is 0. The molecule has 1 aromatic carbocycles. The molecule has 0 fully saturated rings. The van der Waals surface area contributed by atoms with Crippen LogP contribution in [0.1, 0.15) is 25.0 Å². The van der Waals surface area contributed by atoms with Gasteiger partial charge in [-0.1, -0.05) is 0 Å². The number of benzene rings is 1. The van der Waals surface area contributed by atoms with Crippen LogP contribution in [0.4, 0.5) is 4.39 Å². The maximum atomic E-state index is 13.9. The van der Waals surface area contributed by atoms with E-state index in [2.05, 4.69) is 10.3 Å². The molecule has 0 saturated carbocycles. The van der Waals surface area contributed by atoms with Crippen LogP contribution < -0.4 is 5.32 Å². The predicted molar refractivity (Wildman–Crippen MR) is 82.8 cm³/mol. The molecule has 0 unspecified atom stereocenters. The van der Waals surface area contributed by atoms with Gasteiger partial charge in [-0.05, 0) is 29.7 Å². The van der Waals surface area contributed by atoms with Crippen molar-refractivity contribution in [2.45, 2.75) is 26.8 Å². The molecule has 5 nitrogen and oxygen atoms in total. The lowest BCUT2D eigenvalue weighted by Gasteiger charge is -2.15. The number of carbonyl (C=O) groups excluding carboxylic acids is 2. The van der Waals surface area contributed by atoms with Crippen LogP contribution in [0.2, 0.25) is 0 Å². The van der Waals surface area contributed by atoms with Gasteiger partial charge in [0.25, 0.3) is 0 Å². The van der Waals surface area contributed by atoms with Gasteiger partial charge in [0, 0.05) is 45.6 Å². The van der Waals surface area contributed by atoms with Crippen molar-refractivity contribution < 1.29 is 14.0 Å². The monoisotopic (exact) mass is 305 g/mol. The van der Waals surface area contributed by atoms with E-state index in [1.807, 2.05) is 6.20 Å². The summed E-state index contributed by atoms with van der Waals surface area (Å²) in [6, 6.07) is 2.92. The molecule has 6 heteroatoms. The van der Waals surface area contributed by atoms with Gasteiger partial charge in [-0.15, -0.1) is 0 Å². The highest BCUT2D eigenvalue weighted by atomic mass is 19.1. The highest BCUT2D eigenvalue weighted by Gasteiger charge is 2.13. The number of nitrogens with one attached hydrogen (secondary N) is 2. The second-order valence-electron chi connectivity index (χ2n) is 5.41. The van der Waals surface area contributed by atoms with Gasteiger partial charge in [-0.25, -0.2) is 4.39 Å². The molecule has 0 spiro atoms. The van der Waals surface area contributed by atoms with Gasteiger partial charge in [0.2, 0.25) is 11.8 Å². The number of aromatic amines is 1. The predicted octanol–water partition coefficient (Wildman–Crippen LogP) is 1.96. The minimum Gasteiger partial charge on any atom is -0.361 e. The number of aromatic nitrogens is 1. The third-order valence-electron chi connectivity index (χ3n) is 3.63. The zero-order chi connectivity index (χ0) is 16.3. The molecular weight excluding hydrogens is 285 g/mol. The lowest BCUT2D eigenvalue weighted by Crippen LogP contribution is -2.23. The van der Waals surface area contributed by atoms with Crippen molar-refractivity contribution in [3.63, 3.8) is 0 Å². The van der Waals surface area contributed by atoms with E-state index >= 15 is 0 Å². The van der Waals surface area contributed by atoms with Crippen molar-refractivity contribution in [1.29, 1.82) is 0 Å². The molecule has 0 aliphatic heterocycles. The van der Waals surface area contributed by atoms with Gasteiger partial charge in [0.05, 0.1) is 5.52 Å². The van der Waals surface area contributed by atoms with E-state index < -0.39 is 0 Å². The number of nitrogens with zero attached hydrogens (tertiary/aromatic N) is 1. The second kappa shape index (κ2) is 6.60. The number of halogens is 1. The number of H-pyrrole nitrogens is 1. The van der Waals surface area contributed by atoms with Crippen molar-refractivity contribution in [2.24, 2.45) is 0 Å². The zero-order valence-electron chi connectivity index (χ0n) is 13.0. The number of carbonyl (C=O) groups is 2. The molecule has 2 amide bonds. The Bertz CT molecular complexity index is 709. The van der Waals surface area contributed by atoms with E-state index in [-0.39, 0.29) is 17.6 Å². The molecule has 0 atom stereocenters. The highest BCUT2D eigenvalue weighted by Crippen LogP contribution is 2.24. The molecule has 2 N–H and O–H groups in total. The highest BCUT2D eigenvalue weighted by molar-refractivity contribution is 5.86. The summed E-state index contributed by atoms with van der Waals surface area (Å²) in [5.41, 5.74) is 2.50. The minimum atomic E-state index is -0.333. The van der Waals surface area contributed by atoms with Crippen LogP contribution in [0.25, 0.3) is 10.9 Å². The van der Waals surface area contributed by atoms with Crippen LogP contribution in [0.5, 0.6) is 0 Å². The minimum absolute atomic E-state index is 0.0742. The zero-order valence-corrected chi connectivity index (χ0v) is 13.0. The van der Waals surface area contributed by atoms with Gasteiger partial charge >= 0.3 is 0 Å². The molecule has 0 aliphatic rings. The molecule has 22 heavy (non-hydrogen) atoms. The number of rotatable bonds is 5. The van der Waals surface area contributed by atoms with Crippen LogP contribution in [0.15, 0.2) is 18.3 Å². The van der Waals surface area contributed by atoms with Crippen LogP contribution in [-0.2, 0) is 22.6 Å². The number of amides is 2. The SMILES string of the molecule is CC(=O)NCCc1c[nH]c2c(CN(C)C(C)=O)cc(F)cc12. The van der Waals surface area contributed by atoms with Crippen LogP contribution in [-0.4, -0.2) is 35.3 Å². The van der Waals surface area contributed by atoms with E-state index in [4.69, 9.17) is 0 Å². The standard InChI is InChI=1S/C16H20FN3O2/c1-10(21)18-5-4-12-8-19-16-13(9-20(3)11(2)22)6-14(17)7-15(12)16/h6-8,19H,4-5,9H2,1-3H3,(H,18,21). The molecule has 0 saturated heterocycles. The van der Waals surface area contributed by atoms with Crippen LogP contribution >= 0.6 is 0 Å². The van der Waals surface area contributed by atoms with E-state index in [1.165, 1.54) is 30.9 Å². The average molecular weight is 305 g/mol. The summed E-state index contributed by atoms with van der Waals surface area (Å²) in [4.78, 5) is 27.0. The first-order valence-electron chi connectivity index (χ1n) is 7.13. The van der Waals surface area contributed by atoms with E-state index in [1.54, 1.807) is 7.05 Å². The molecule has 1 aromatic heterocycles. The summed E-state index contributed by atoms with van der Waals surface area (Å²) in [6.07, 6.45) is 2.44. The van der Waals surface area contributed by atoms with Gasteiger partial charge in [0.1, 0.15) is 5.82 Å². The Hall–Kier alpha value is -2.37. The van der Waals surface area contributed by atoms with Crippen molar-refractivity contribution in [3.8, 4) is 0 Å². The fraction of sp³-hybridized carbons (Fsp3) is 0.375. The lowest BCUT2D eigenvalue weighted by molar-refractivity contribution is -0.128. The molecule has 0 aliphatic carbocycles. The van der Waals surface area contributed by atoms with Crippen molar-refractivity contribution in [2.75, 3.05) is 13.6 Å². The van der Waals surface area contributed by atoms with Gasteiger partial charge < -0.3 is 15.2 Å². The van der Waals surface area contributed by atoms with Gasteiger partial charge in [-0.3, -0.25) is 9.59 Å². The number of fused-ring (bicyclic) bond motifs is 1. The summed E-state index contributed by atoms with van der Waals surface area (Å²) in [5.74, 6) is -0.496. The molecule has 118 valence electrons. The second-order valence-corrected chi connectivity index (χ2v) is 5.41. The van der Waals surface area contributed by atoms with Crippen LogP contribution in [0, 0.1) is 5.82 Å². The Balaban J connectivity index is 2.29. The quantitative estimate of drug-likeness (QED) is 0.887. The average Bonchev–Trinajstić information content (AvgIpc) is 2.81. The van der Waals surface area contributed by atoms with Gasteiger partial charge in [0.15, 0.2) is 0 Å². The molecular formula is C16H20FN3O2. The van der Waals surface area contributed by atoms with Gasteiger partial charge in [-0.2, -0.15) is 0 Å². The van der Waals surface area contributed by atoms with Crippen molar-refractivity contribution in [3.05, 3.63) is 35.3 Å². The smallest absolute Gasteiger partial charge is 0.219 e. The number of hydrogen-bond donors (Lipinski definition) is 2. The van der Waals surface area contributed by atoms with Crippen molar-refractivity contribution >= 4 is 22.7 Å². The first kappa shape index (κ1) is 16.0. The summed E-state index contributed by atoms with van der Waals surface area (Å²) in [6.45, 7) is 3.78. The molecule has 0 radical (unpaired) electrons. The molecule has 0 bridgehead atoms. The maximum Gasteiger partial charge on any atom is 0.219 e. The number of hydrogen-bond acceptors (Lipinski definition) is 2. The fourth-order valence-corrected chi connectivity index (χ4v) is 2.40. The Morgan fingerprint density at radius 3 is 2.64 bits per heavy atom. The van der Waals surface area contributed by atoms with Crippen LogP contribution in [0.3, 0.4) is 0 Å². The first-order valence-corrected chi connectivity index (χ1v) is 7.13. The van der Waals surface area contributed by atoms with E-state index in [0.717, 1.165) is 22.0 Å². The van der Waals surface area contributed by atoms with Crippen molar-refractivity contribution in [1.82, 2.24) is 15.2 Å². The third-order valence-corrected chi connectivity index (χ3v) is 3.63. The lowest BCUT2D eigenvalue weighted by atomic mass is 10.1. The first-order chi connectivity index (χ1) is 10.4. The largest absolute Gasteiger partial charge is 0.361 e. The topological polar surface area (TPSA) is 65.2 Å². The van der Waals surface area contributed by atoms with E-state index in [9.17, 15) is 14.0 Å². The Morgan fingerprint density at radius 1 is 1.27 bits per heavy atom. The Morgan fingerprint density at radius 2 is 2.00 bits per heavy atom. The Kier molecular flexibility index (Phi) is 4.80. The molecule has 1 heterocycles. The third kappa shape index (κ3) is 3.63. The van der Waals surface area contributed by atoms with E-state index in [0.29, 0.717) is 19.5 Å². The molecule has 2 aromatic rings. The Labute approximate surface area is 128 Å².